The third kappa shape index (κ3) is 4.78. The van der Waals surface area contributed by atoms with Crippen LogP contribution in [-0.2, 0) is 6.42 Å². The lowest BCUT2D eigenvalue weighted by atomic mass is 10.2. The molecule has 0 spiro atoms. The van der Waals surface area contributed by atoms with Crippen LogP contribution in [0.25, 0.3) is 11.0 Å². The van der Waals surface area contributed by atoms with Gasteiger partial charge >= 0.3 is 0 Å². The van der Waals surface area contributed by atoms with Gasteiger partial charge in [-0.05, 0) is 12.1 Å². The van der Waals surface area contributed by atoms with Crippen molar-refractivity contribution >= 4 is 11.0 Å². The highest BCUT2D eigenvalue weighted by Gasteiger charge is 2.02. The molecule has 0 saturated carbocycles. The van der Waals surface area contributed by atoms with E-state index in [1.54, 1.807) is 18.2 Å². The fourth-order valence-corrected chi connectivity index (χ4v) is 1.21. The molecule has 0 aliphatic heterocycles. The largest absolute Gasteiger partial charge is 0.442 e. The molecule has 7 nitrogen and oxygen atoms in total. The van der Waals surface area contributed by atoms with Crippen molar-refractivity contribution in [1.29, 1.82) is 0 Å². The Morgan fingerprint density at radius 3 is 2.44 bits per heavy atom. The van der Waals surface area contributed by atoms with E-state index in [4.69, 9.17) is 23.1 Å². The molecule has 0 fully saturated rings. The molecule has 0 aliphatic carbocycles. The van der Waals surface area contributed by atoms with Crippen molar-refractivity contribution in [2.75, 3.05) is 0 Å². The van der Waals surface area contributed by atoms with Gasteiger partial charge in [-0.1, -0.05) is 19.1 Å². The van der Waals surface area contributed by atoms with Crippen LogP contribution in [0.4, 0.5) is 0 Å². The molecule has 98 valence electrons. The van der Waals surface area contributed by atoms with Gasteiger partial charge in [-0.15, -0.1) is 0 Å². The van der Waals surface area contributed by atoms with Gasteiger partial charge in [-0.2, -0.15) is 19.0 Å². The van der Waals surface area contributed by atoms with Gasteiger partial charge < -0.3 is 4.42 Å². The van der Waals surface area contributed by atoms with E-state index < -0.39 is 10.2 Å². The summed E-state index contributed by atoms with van der Waals surface area (Å²) in [6.07, 6.45) is 0.639. The maximum atomic E-state index is 11.4. The van der Waals surface area contributed by atoms with Gasteiger partial charge in [0, 0.05) is 6.42 Å². The monoisotopic (exact) mass is 275 g/mol. The summed E-state index contributed by atoms with van der Waals surface area (Å²) in [5.74, 6) is 0.490. The van der Waals surface area contributed by atoms with Crippen LogP contribution >= 0.6 is 0 Å². The molecular weight excluding hydrogens is 266 g/mol. The van der Waals surface area contributed by atoms with Gasteiger partial charge in [0.15, 0.2) is 5.89 Å². The highest BCUT2D eigenvalue weighted by atomic mass is 35.7. The maximum Gasteiger partial charge on any atom is 0.283 e. The van der Waals surface area contributed by atoms with E-state index in [0.717, 1.165) is 0 Å². The summed E-state index contributed by atoms with van der Waals surface area (Å²) in [6, 6.07) is 7.13. The number of rotatable bonds is 1. The van der Waals surface area contributed by atoms with Crippen molar-refractivity contribution in [3.8, 4) is 0 Å². The van der Waals surface area contributed by atoms with Crippen LogP contribution in [0, 0.1) is 10.2 Å². The average molecular weight is 276 g/mol. The summed E-state index contributed by atoms with van der Waals surface area (Å²) < 4.78 is 38.1. The van der Waals surface area contributed by atoms with Crippen LogP contribution in [0.1, 0.15) is 12.8 Å². The van der Waals surface area contributed by atoms with Crippen molar-refractivity contribution < 1.29 is 33.3 Å². The zero-order valence-electron chi connectivity index (χ0n) is 9.33. The van der Waals surface area contributed by atoms with Crippen molar-refractivity contribution in [3.05, 3.63) is 40.5 Å². The van der Waals surface area contributed by atoms with Crippen molar-refractivity contribution in [2.45, 2.75) is 13.3 Å². The molecule has 0 atom stereocenters. The van der Waals surface area contributed by atoms with Gasteiger partial charge in [0.1, 0.15) is 5.58 Å². The average Bonchev–Trinajstić information content (AvgIpc) is 2.26. The first-order chi connectivity index (χ1) is 8.31. The van der Waals surface area contributed by atoms with Gasteiger partial charge in [0.25, 0.3) is 5.56 Å². The lowest BCUT2D eigenvalue weighted by molar-refractivity contribution is -1.92. The molecule has 0 aliphatic rings. The molecule has 0 radical (unpaired) electrons. The number of para-hydroxylation sites is 1. The fourth-order valence-electron chi connectivity index (χ4n) is 1.21. The second-order valence-electron chi connectivity index (χ2n) is 3.16. The minimum atomic E-state index is -4.69. The van der Waals surface area contributed by atoms with Crippen molar-refractivity contribution in [2.24, 2.45) is 0 Å². The smallest absolute Gasteiger partial charge is 0.283 e. The van der Waals surface area contributed by atoms with Crippen LogP contribution in [-0.4, -0.2) is 9.64 Å². The summed E-state index contributed by atoms with van der Waals surface area (Å²) >= 11 is 0. The van der Waals surface area contributed by atoms with E-state index in [0.29, 0.717) is 23.3 Å². The first-order valence-electron chi connectivity index (χ1n) is 4.83. The van der Waals surface area contributed by atoms with Crippen LogP contribution in [0.2, 0.25) is 0 Å². The topological polar surface area (TPSA) is 133 Å². The van der Waals surface area contributed by atoms with Gasteiger partial charge in [-0.3, -0.25) is 4.79 Å². The SMILES string of the molecule is CCc1nc(=O)c2ccccc2o1.[O-][Cl+3]([O-])([O-])O. The van der Waals surface area contributed by atoms with Crippen LogP contribution in [0.5, 0.6) is 0 Å². The van der Waals surface area contributed by atoms with Gasteiger partial charge in [0.05, 0.1) is 20.3 Å². The highest BCUT2D eigenvalue weighted by molar-refractivity contribution is 5.74. The number of nitrogens with zero attached hydrogens (tertiary/aromatic N) is 1. The van der Waals surface area contributed by atoms with E-state index in [9.17, 15) is 4.79 Å². The molecule has 1 N–H and O–H groups in total. The van der Waals surface area contributed by atoms with Crippen LogP contribution < -0.4 is 19.5 Å². The normalized spacial score (nSPS) is 10.9. The molecule has 1 heterocycles. The number of aryl methyl sites for hydroxylation is 1. The number of halogens is 1. The first kappa shape index (κ1) is 14.6. The third-order valence-corrected chi connectivity index (χ3v) is 1.87. The summed E-state index contributed by atoms with van der Waals surface area (Å²) in [4.78, 5) is 15.2. The molecule has 0 saturated heterocycles. The minimum Gasteiger partial charge on any atom is -0.442 e. The standard InChI is InChI=1S/C10H9NO2.ClHO4/c1-2-9-11-10(12)7-5-3-4-6-8(7)13-9;2-1(3,4)5/h3-6H,2H2,1H3;(H,2,3,4,5). The highest BCUT2D eigenvalue weighted by Crippen LogP contribution is 2.09. The third-order valence-electron chi connectivity index (χ3n) is 1.87. The summed E-state index contributed by atoms with van der Waals surface area (Å²) in [7, 11) is -4.69. The minimum absolute atomic E-state index is 0.210. The lowest BCUT2D eigenvalue weighted by Crippen LogP contribution is -2.58. The molecular formula is C10H10ClNO6. The number of hydrogen-bond acceptors (Lipinski definition) is 7. The second-order valence-corrected chi connectivity index (χ2v) is 3.95. The Bertz CT molecular complexity index is 570. The Balaban J connectivity index is 0.000000280. The van der Waals surface area contributed by atoms with Crippen LogP contribution in [0.15, 0.2) is 33.5 Å². The summed E-state index contributed by atoms with van der Waals surface area (Å²) in [5.41, 5.74) is 0.401. The maximum absolute atomic E-state index is 11.4. The lowest BCUT2D eigenvalue weighted by Gasteiger charge is -2.03. The molecule has 2 rings (SSSR count). The van der Waals surface area contributed by atoms with E-state index >= 15 is 0 Å². The predicted molar refractivity (Wildman–Crippen MR) is 51.9 cm³/mol. The van der Waals surface area contributed by atoms with Crippen LogP contribution in [0.3, 0.4) is 0 Å². The zero-order chi connectivity index (χ0) is 13.8. The molecule has 0 bridgehead atoms. The Hall–Kier alpha value is -1.51. The Labute approximate surface area is 104 Å². The molecule has 0 amide bonds. The van der Waals surface area contributed by atoms with Crippen molar-refractivity contribution in [1.82, 2.24) is 4.98 Å². The summed E-state index contributed by atoms with van der Waals surface area (Å²) in [5, 5.41) is 0.541. The Morgan fingerprint density at radius 1 is 1.33 bits per heavy atom. The summed E-state index contributed by atoms with van der Waals surface area (Å²) in [6.45, 7) is 1.90. The van der Waals surface area contributed by atoms with Gasteiger partial charge in [0.2, 0.25) is 0 Å². The predicted octanol–water partition coefficient (Wildman–Crippen LogP) is -2.37. The van der Waals surface area contributed by atoms with Crippen molar-refractivity contribution in [3.63, 3.8) is 0 Å². The fraction of sp³-hybridized carbons (Fsp3) is 0.200. The molecule has 18 heavy (non-hydrogen) atoms. The van der Waals surface area contributed by atoms with E-state index in [-0.39, 0.29) is 5.56 Å². The first-order valence-corrected chi connectivity index (χ1v) is 6.09. The molecule has 1 aromatic carbocycles. The number of benzene rings is 1. The van der Waals surface area contributed by atoms with E-state index in [1.807, 2.05) is 13.0 Å². The second kappa shape index (κ2) is 5.89. The quantitative estimate of drug-likeness (QED) is 0.615. The Morgan fingerprint density at radius 2 is 1.89 bits per heavy atom. The molecule has 2 aromatic rings. The van der Waals surface area contributed by atoms with E-state index in [2.05, 4.69) is 4.98 Å². The number of fused-ring (bicyclic) bond motifs is 1. The molecule has 0 unspecified atom stereocenters. The van der Waals surface area contributed by atoms with Gasteiger partial charge in [-0.25, -0.2) is 0 Å². The molecule has 8 heteroatoms. The number of hydrogen-bond donors (Lipinski definition) is 1. The van der Waals surface area contributed by atoms with E-state index in [1.165, 1.54) is 0 Å². The molecule has 1 aromatic heterocycles. The number of aromatic nitrogens is 1. The Kier molecular flexibility index (Phi) is 4.76. The zero-order valence-corrected chi connectivity index (χ0v) is 10.1.